The number of nitrogens with one attached hydrogen (secondary N) is 1. The van der Waals surface area contributed by atoms with Crippen LogP contribution in [0.1, 0.15) is 6.42 Å². The van der Waals surface area contributed by atoms with E-state index in [1.165, 1.54) is 10.6 Å². The van der Waals surface area contributed by atoms with Gasteiger partial charge < -0.3 is 10.4 Å². The molecule has 0 saturated heterocycles. The van der Waals surface area contributed by atoms with Crippen molar-refractivity contribution in [1.82, 2.24) is 19.8 Å². The van der Waals surface area contributed by atoms with Gasteiger partial charge in [-0.25, -0.2) is 4.39 Å². The van der Waals surface area contributed by atoms with Gasteiger partial charge >= 0.3 is 0 Å². The smallest absolute Gasteiger partial charge is 0.188 e. The van der Waals surface area contributed by atoms with E-state index in [0.29, 0.717) is 29.3 Å². The summed E-state index contributed by atoms with van der Waals surface area (Å²) >= 11 is 1.69. The molecule has 0 fully saturated rings. The fourth-order valence-corrected chi connectivity index (χ4v) is 3.09. The van der Waals surface area contributed by atoms with Gasteiger partial charge in [0.1, 0.15) is 11.6 Å². The van der Waals surface area contributed by atoms with Crippen LogP contribution in [-0.2, 0) is 0 Å². The average Bonchev–Trinajstić information content (AvgIpc) is 2.99. The summed E-state index contributed by atoms with van der Waals surface area (Å²) in [6.07, 6.45) is 2.64. The van der Waals surface area contributed by atoms with Crippen LogP contribution in [0.5, 0.6) is 0 Å². The van der Waals surface area contributed by atoms with E-state index >= 15 is 0 Å². The van der Waals surface area contributed by atoms with E-state index in [4.69, 9.17) is 5.11 Å². The summed E-state index contributed by atoms with van der Waals surface area (Å²) in [5.74, 6) is 1.47. The van der Waals surface area contributed by atoms with Crippen LogP contribution < -0.4 is 5.32 Å². The maximum atomic E-state index is 14.0. The monoisotopic (exact) mass is 347 g/mol. The number of hydrogen-bond acceptors (Lipinski definition) is 6. The lowest BCUT2D eigenvalue weighted by atomic mass is 10.2. The van der Waals surface area contributed by atoms with E-state index in [-0.39, 0.29) is 18.5 Å². The normalized spacial score (nSPS) is 12.5. The van der Waals surface area contributed by atoms with Gasteiger partial charge in [-0.1, -0.05) is 12.1 Å². The Bertz CT molecular complexity index is 819. The molecule has 126 valence electrons. The van der Waals surface area contributed by atoms with Crippen molar-refractivity contribution in [3.05, 3.63) is 42.2 Å². The highest BCUT2D eigenvalue weighted by Crippen LogP contribution is 2.21. The third kappa shape index (κ3) is 3.49. The zero-order valence-corrected chi connectivity index (χ0v) is 14.0. The predicted octanol–water partition coefficient (Wildman–Crippen LogP) is 2.46. The molecule has 0 amide bonds. The lowest BCUT2D eigenvalue weighted by Crippen LogP contribution is -2.24. The van der Waals surface area contributed by atoms with Crippen LogP contribution in [0.4, 0.5) is 10.2 Å². The Balaban J connectivity index is 1.95. The van der Waals surface area contributed by atoms with E-state index in [0.717, 1.165) is 5.75 Å². The van der Waals surface area contributed by atoms with Crippen LogP contribution in [0.2, 0.25) is 0 Å². The van der Waals surface area contributed by atoms with Crippen LogP contribution in [0, 0.1) is 5.82 Å². The number of benzene rings is 1. The van der Waals surface area contributed by atoms with Crippen molar-refractivity contribution >= 4 is 23.2 Å². The van der Waals surface area contributed by atoms with Crippen molar-refractivity contribution in [2.75, 3.05) is 23.9 Å². The number of halogens is 1. The molecule has 8 heteroatoms. The zero-order valence-electron chi connectivity index (χ0n) is 13.2. The Labute approximate surface area is 143 Å². The molecule has 2 heterocycles. The second kappa shape index (κ2) is 7.59. The first-order chi connectivity index (χ1) is 11.7. The SMILES string of the molecule is CSCC(CCO)Nc1ccc2nnc(-c3ccccc3F)n2n1. The molecule has 0 aliphatic carbocycles. The summed E-state index contributed by atoms with van der Waals surface area (Å²) in [5, 5.41) is 25.0. The molecule has 3 rings (SSSR count). The molecule has 0 aliphatic heterocycles. The van der Waals surface area contributed by atoms with E-state index in [1.807, 2.05) is 6.26 Å². The van der Waals surface area contributed by atoms with Gasteiger partial charge in [-0.2, -0.15) is 16.3 Å². The maximum Gasteiger partial charge on any atom is 0.188 e. The molecule has 0 aliphatic rings. The van der Waals surface area contributed by atoms with Crippen LogP contribution in [0.15, 0.2) is 36.4 Å². The van der Waals surface area contributed by atoms with Gasteiger partial charge in [-0.3, -0.25) is 0 Å². The zero-order chi connectivity index (χ0) is 16.9. The average molecular weight is 347 g/mol. The summed E-state index contributed by atoms with van der Waals surface area (Å²) < 4.78 is 15.6. The van der Waals surface area contributed by atoms with Crippen LogP contribution in [0.3, 0.4) is 0 Å². The Hall–Kier alpha value is -2.19. The number of rotatable bonds is 7. The van der Waals surface area contributed by atoms with Crippen LogP contribution in [0.25, 0.3) is 17.0 Å². The Morgan fingerprint density at radius 3 is 2.83 bits per heavy atom. The minimum absolute atomic E-state index is 0.100. The maximum absolute atomic E-state index is 14.0. The van der Waals surface area contributed by atoms with Crippen molar-refractivity contribution in [1.29, 1.82) is 0 Å². The number of aromatic nitrogens is 4. The standard InChI is InChI=1S/C16H18FN5OS/c1-24-10-11(8-9-23)18-14-6-7-15-19-20-16(22(15)21-14)12-4-2-3-5-13(12)17/h2-7,11,23H,8-10H2,1H3,(H,18,21). The highest BCUT2D eigenvalue weighted by Gasteiger charge is 2.14. The molecule has 0 saturated carbocycles. The number of aliphatic hydroxyl groups is 1. The lowest BCUT2D eigenvalue weighted by Gasteiger charge is -2.17. The van der Waals surface area contributed by atoms with Crippen molar-refractivity contribution in [2.45, 2.75) is 12.5 Å². The quantitative estimate of drug-likeness (QED) is 0.684. The summed E-state index contributed by atoms with van der Waals surface area (Å²) in [4.78, 5) is 0. The summed E-state index contributed by atoms with van der Waals surface area (Å²) in [6, 6.07) is 10.1. The van der Waals surface area contributed by atoms with E-state index in [9.17, 15) is 4.39 Å². The van der Waals surface area contributed by atoms with Crippen molar-refractivity contribution in [3.8, 4) is 11.4 Å². The number of thioether (sulfide) groups is 1. The molecular weight excluding hydrogens is 329 g/mol. The second-order valence-electron chi connectivity index (χ2n) is 5.30. The summed E-state index contributed by atoms with van der Waals surface area (Å²) in [5.41, 5.74) is 0.896. The number of hydrogen-bond donors (Lipinski definition) is 2. The Morgan fingerprint density at radius 2 is 2.08 bits per heavy atom. The van der Waals surface area contributed by atoms with Gasteiger partial charge in [-0.15, -0.1) is 15.3 Å². The van der Waals surface area contributed by atoms with Gasteiger partial charge in [0.15, 0.2) is 11.5 Å². The van der Waals surface area contributed by atoms with E-state index in [1.54, 1.807) is 42.1 Å². The van der Waals surface area contributed by atoms with Crippen molar-refractivity contribution in [3.63, 3.8) is 0 Å². The van der Waals surface area contributed by atoms with Gasteiger partial charge in [0, 0.05) is 18.4 Å². The summed E-state index contributed by atoms with van der Waals surface area (Å²) in [7, 11) is 0. The lowest BCUT2D eigenvalue weighted by molar-refractivity contribution is 0.282. The van der Waals surface area contributed by atoms with Crippen LogP contribution in [-0.4, -0.2) is 49.6 Å². The Morgan fingerprint density at radius 1 is 1.25 bits per heavy atom. The van der Waals surface area contributed by atoms with Gasteiger partial charge in [0.25, 0.3) is 0 Å². The highest BCUT2D eigenvalue weighted by atomic mass is 32.2. The fraction of sp³-hybridized carbons (Fsp3) is 0.312. The predicted molar refractivity (Wildman–Crippen MR) is 93.7 cm³/mol. The number of aliphatic hydroxyl groups excluding tert-OH is 1. The van der Waals surface area contributed by atoms with Crippen molar-refractivity contribution in [2.24, 2.45) is 0 Å². The summed E-state index contributed by atoms with van der Waals surface area (Å²) in [6.45, 7) is 0.105. The molecule has 6 nitrogen and oxygen atoms in total. The minimum atomic E-state index is -0.368. The van der Waals surface area contributed by atoms with Gasteiger partial charge in [0.2, 0.25) is 0 Å². The molecule has 1 atom stereocenters. The third-order valence-corrected chi connectivity index (χ3v) is 4.31. The molecule has 1 aromatic carbocycles. The van der Waals surface area contributed by atoms with E-state index < -0.39 is 0 Å². The van der Waals surface area contributed by atoms with Gasteiger partial charge in [0.05, 0.1) is 5.56 Å². The number of anilines is 1. The second-order valence-corrected chi connectivity index (χ2v) is 6.21. The number of nitrogens with zero attached hydrogens (tertiary/aromatic N) is 4. The fourth-order valence-electron chi connectivity index (χ4n) is 2.44. The molecule has 0 bridgehead atoms. The first kappa shape index (κ1) is 16.7. The molecule has 1 unspecified atom stereocenters. The van der Waals surface area contributed by atoms with Crippen LogP contribution >= 0.6 is 11.8 Å². The molecule has 24 heavy (non-hydrogen) atoms. The third-order valence-electron chi connectivity index (χ3n) is 3.57. The molecule has 3 aromatic rings. The molecule has 2 N–H and O–H groups in total. The van der Waals surface area contributed by atoms with Gasteiger partial charge in [-0.05, 0) is 36.9 Å². The topological polar surface area (TPSA) is 75.3 Å². The minimum Gasteiger partial charge on any atom is -0.396 e. The largest absolute Gasteiger partial charge is 0.396 e. The molecular formula is C16H18FN5OS. The molecule has 0 radical (unpaired) electrons. The first-order valence-electron chi connectivity index (χ1n) is 7.56. The molecule has 0 spiro atoms. The first-order valence-corrected chi connectivity index (χ1v) is 8.96. The highest BCUT2D eigenvalue weighted by molar-refractivity contribution is 7.98. The molecule has 2 aromatic heterocycles. The van der Waals surface area contributed by atoms with E-state index in [2.05, 4.69) is 20.6 Å². The van der Waals surface area contributed by atoms with Crippen molar-refractivity contribution < 1.29 is 9.50 Å². The number of fused-ring (bicyclic) bond motifs is 1. The Kier molecular flexibility index (Phi) is 5.27.